The van der Waals surface area contributed by atoms with Gasteiger partial charge in [-0.25, -0.2) is 9.66 Å². The summed E-state index contributed by atoms with van der Waals surface area (Å²) in [7, 11) is 0. The van der Waals surface area contributed by atoms with Gasteiger partial charge in [0.1, 0.15) is 11.0 Å². The molecule has 0 bridgehead atoms. The molecule has 0 spiro atoms. The molecule has 3 aromatic rings. The van der Waals surface area contributed by atoms with Gasteiger partial charge in [0.05, 0.1) is 12.1 Å². The largest absolute Gasteiger partial charge is 0.318 e. The maximum absolute atomic E-state index is 6.21. The Hall–Kier alpha value is -1.92. The van der Waals surface area contributed by atoms with E-state index < -0.39 is 0 Å². The van der Waals surface area contributed by atoms with Crippen molar-refractivity contribution < 1.29 is 0 Å². The highest BCUT2D eigenvalue weighted by molar-refractivity contribution is 7.71. The van der Waals surface area contributed by atoms with Crippen molar-refractivity contribution in [3.8, 4) is 0 Å². The minimum Gasteiger partial charge on any atom is -0.318 e. The molecular weight excluding hydrogens is 294 g/mol. The summed E-state index contributed by atoms with van der Waals surface area (Å²) in [5.74, 6) is 0.764. The predicted molar refractivity (Wildman–Crippen MR) is 82.0 cm³/mol. The number of fused-ring (bicyclic) bond motifs is 1. The van der Waals surface area contributed by atoms with Crippen LogP contribution in [-0.2, 0) is 6.54 Å². The molecule has 2 heterocycles. The number of benzene rings is 1. The van der Waals surface area contributed by atoms with Gasteiger partial charge in [0.25, 0.3) is 0 Å². The quantitative estimate of drug-likeness (QED) is 0.576. The minimum atomic E-state index is 0.490. The summed E-state index contributed by atoms with van der Waals surface area (Å²) >= 11 is 11.3. The van der Waals surface area contributed by atoms with Gasteiger partial charge in [0.2, 0.25) is 4.77 Å². The second kappa shape index (κ2) is 5.22. The van der Waals surface area contributed by atoms with Gasteiger partial charge < -0.3 is 5.43 Å². The minimum absolute atomic E-state index is 0.490. The Morgan fingerprint density at radius 2 is 2.20 bits per heavy atom. The highest BCUT2D eigenvalue weighted by Gasteiger charge is 2.06. The van der Waals surface area contributed by atoms with Crippen LogP contribution in [0.25, 0.3) is 10.9 Å². The van der Waals surface area contributed by atoms with Crippen molar-refractivity contribution in [2.24, 2.45) is 0 Å². The molecule has 5 nitrogen and oxygen atoms in total. The molecule has 0 fully saturated rings. The Morgan fingerprint density at radius 3 is 2.95 bits per heavy atom. The molecule has 0 radical (unpaired) electrons. The Labute approximate surface area is 125 Å². The first kappa shape index (κ1) is 13.1. The molecule has 0 saturated heterocycles. The molecule has 0 aliphatic rings. The SMILES string of the molecule is Cc1n[nH]c(=S)n1NCc1cc2ccccc2nc1Cl. The summed E-state index contributed by atoms with van der Waals surface area (Å²) in [6, 6.07) is 9.89. The number of nitrogens with one attached hydrogen (secondary N) is 2. The van der Waals surface area contributed by atoms with Gasteiger partial charge in [0.15, 0.2) is 0 Å². The molecule has 1 aromatic carbocycles. The lowest BCUT2D eigenvalue weighted by Gasteiger charge is -2.10. The summed E-state index contributed by atoms with van der Waals surface area (Å²) < 4.78 is 2.23. The summed E-state index contributed by atoms with van der Waals surface area (Å²) in [5.41, 5.74) is 4.97. The maximum atomic E-state index is 6.21. The van der Waals surface area contributed by atoms with Crippen LogP contribution in [0.2, 0.25) is 5.15 Å². The molecule has 0 aliphatic carbocycles. The first-order chi connectivity index (χ1) is 9.65. The van der Waals surface area contributed by atoms with Gasteiger partial charge in [-0.3, -0.25) is 5.10 Å². The second-order valence-corrected chi connectivity index (χ2v) is 5.12. The second-order valence-electron chi connectivity index (χ2n) is 4.38. The lowest BCUT2D eigenvalue weighted by atomic mass is 10.1. The molecule has 0 aliphatic heterocycles. The van der Waals surface area contributed by atoms with Gasteiger partial charge in [0, 0.05) is 10.9 Å². The fraction of sp³-hybridized carbons (Fsp3) is 0.154. The van der Waals surface area contributed by atoms with E-state index in [0.29, 0.717) is 16.5 Å². The number of nitrogens with zero attached hydrogens (tertiary/aromatic N) is 3. The van der Waals surface area contributed by atoms with Gasteiger partial charge >= 0.3 is 0 Å². The van der Waals surface area contributed by atoms with E-state index >= 15 is 0 Å². The van der Waals surface area contributed by atoms with Crippen molar-refractivity contribution >= 4 is 34.7 Å². The number of hydrogen-bond acceptors (Lipinski definition) is 4. The van der Waals surface area contributed by atoms with E-state index in [-0.39, 0.29) is 0 Å². The monoisotopic (exact) mass is 305 g/mol. The fourth-order valence-electron chi connectivity index (χ4n) is 1.99. The Kier molecular flexibility index (Phi) is 3.42. The van der Waals surface area contributed by atoms with Gasteiger partial charge in [-0.2, -0.15) is 5.10 Å². The number of pyridine rings is 1. The number of halogens is 1. The van der Waals surface area contributed by atoms with E-state index in [1.54, 1.807) is 4.68 Å². The normalized spacial score (nSPS) is 10.9. The third-order valence-electron chi connectivity index (χ3n) is 3.02. The van der Waals surface area contributed by atoms with Crippen LogP contribution in [0, 0.1) is 11.7 Å². The molecule has 0 atom stereocenters. The average molecular weight is 306 g/mol. The highest BCUT2D eigenvalue weighted by Crippen LogP contribution is 2.20. The number of aromatic amines is 1. The van der Waals surface area contributed by atoms with E-state index in [9.17, 15) is 0 Å². The molecular formula is C13H12ClN5S. The molecule has 0 saturated carbocycles. The van der Waals surface area contributed by atoms with Crippen LogP contribution in [0.4, 0.5) is 0 Å². The molecule has 7 heteroatoms. The summed E-state index contributed by atoms with van der Waals surface area (Å²) in [4.78, 5) is 4.39. The lowest BCUT2D eigenvalue weighted by Crippen LogP contribution is -2.16. The van der Waals surface area contributed by atoms with Crippen LogP contribution in [0.1, 0.15) is 11.4 Å². The topological polar surface area (TPSA) is 58.5 Å². The number of aryl methyl sites for hydroxylation is 1. The maximum Gasteiger partial charge on any atom is 0.214 e. The van der Waals surface area contributed by atoms with E-state index in [0.717, 1.165) is 22.3 Å². The van der Waals surface area contributed by atoms with Crippen LogP contribution in [0.15, 0.2) is 30.3 Å². The summed E-state index contributed by atoms with van der Waals surface area (Å²) in [5, 5.41) is 8.30. The van der Waals surface area contributed by atoms with E-state index in [1.165, 1.54) is 0 Å². The van der Waals surface area contributed by atoms with Gasteiger partial charge in [-0.15, -0.1) is 0 Å². The van der Waals surface area contributed by atoms with Crippen LogP contribution >= 0.6 is 23.8 Å². The zero-order valence-electron chi connectivity index (χ0n) is 10.7. The van der Waals surface area contributed by atoms with Gasteiger partial charge in [-0.1, -0.05) is 29.8 Å². The van der Waals surface area contributed by atoms with E-state index in [2.05, 4.69) is 20.6 Å². The lowest BCUT2D eigenvalue weighted by molar-refractivity contribution is 0.793. The van der Waals surface area contributed by atoms with Crippen molar-refractivity contribution in [1.82, 2.24) is 19.9 Å². The first-order valence-electron chi connectivity index (χ1n) is 6.07. The van der Waals surface area contributed by atoms with Gasteiger partial charge in [-0.05, 0) is 31.3 Å². The van der Waals surface area contributed by atoms with Crippen molar-refractivity contribution in [2.45, 2.75) is 13.5 Å². The smallest absolute Gasteiger partial charge is 0.214 e. The van der Waals surface area contributed by atoms with Crippen LogP contribution in [0.3, 0.4) is 0 Å². The van der Waals surface area contributed by atoms with E-state index in [4.69, 9.17) is 23.8 Å². The molecule has 2 aromatic heterocycles. The summed E-state index contributed by atoms with van der Waals surface area (Å²) in [6.45, 7) is 2.38. The number of rotatable bonds is 3. The molecule has 3 rings (SSSR count). The average Bonchev–Trinajstić information content (AvgIpc) is 2.76. The molecule has 0 amide bonds. The third kappa shape index (κ3) is 2.39. The van der Waals surface area contributed by atoms with E-state index in [1.807, 2.05) is 37.3 Å². The zero-order valence-corrected chi connectivity index (χ0v) is 12.3. The number of H-pyrrole nitrogens is 1. The van der Waals surface area contributed by atoms with Crippen LogP contribution in [0.5, 0.6) is 0 Å². The Morgan fingerprint density at radius 1 is 1.40 bits per heavy atom. The van der Waals surface area contributed by atoms with Crippen LogP contribution < -0.4 is 5.43 Å². The predicted octanol–water partition coefficient (Wildman–Crippen LogP) is 3.19. The summed E-state index contributed by atoms with van der Waals surface area (Å²) in [6.07, 6.45) is 0. The number of aromatic nitrogens is 4. The number of para-hydroxylation sites is 1. The van der Waals surface area contributed by atoms with Crippen LogP contribution in [-0.4, -0.2) is 19.9 Å². The molecule has 102 valence electrons. The molecule has 0 unspecified atom stereocenters. The third-order valence-corrected chi connectivity index (χ3v) is 3.62. The van der Waals surface area contributed by atoms with Crippen molar-refractivity contribution in [2.75, 3.05) is 5.43 Å². The highest BCUT2D eigenvalue weighted by atomic mass is 35.5. The first-order valence-corrected chi connectivity index (χ1v) is 6.86. The fourth-order valence-corrected chi connectivity index (χ4v) is 2.44. The number of hydrogen-bond donors (Lipinski definition) is 2. The van der Waals surface area contributed by atoms with Crippen molar-refractivity contribution in [3.63, 3.8) is 0 Å². The zero-order chi connectivity index (χ0) is 14.1. The Bertz CT molecular complexity index is 823. The van der Waals surface area contributed by atoms with Crippen molar-refractivity contribution in [3.05, 3.63) is 51.6 Å². The molecule has 2 N–H and O–H groups in total. The standard InChI is InChI=1S/C13H12ClN5S/c1-8-17-18-13(20)19(8)15-7-10-6-9-4-2-3-5-11(9)16-12(10)14/h2-6,15H,7H2,1H3,(H,18,20). The Balaban J connectivity index is 1.91. The molecule has 20 heavy (non-hydrogen) atoms. The van der Waals surface area contributed by atoms with Crippen molar-refractivity contribution in [1.29, 1.82) is 0 Å².